The second-order valence-corrected chi connectivity index (χ2v) is 2.60. The van der Waals surface area contributed by atoms with Gasteiger partial charge in [0.05, 0.1) is 0 Å². The molecule has 1 radical (unpaired) electrons. The quantitative estimate of drug-likeness (QED) is 0.662. The molecular formula is C10H9O2. The summed E-state index contributed by atoms with van der Waals surface area (Å²) in [4.78, 5) is 0. The van der Waals surface area contributed by atoms with E-state index >= 15 is 0 Å². The fraction of sp³-hybridized carbons (Fsp3) is 0.100. The Hall–Kier alpha value is -1.44. The molecule has 12 heavy (non-hydrogen) atoms. The fourth-order valence-electron chi connectivity index (χ4n) is 1.10. The molecule has 1 heterocycles. The zero-order valence-electron chi connectivity index (χ0n) is 6.57. The van der Waals surface area contributed by atoms with Crippen LogP contribution < -0.4 is 0 Å². The molecule has 1 aromatic carbocycles. The van der Waals surface area contributed by atoms with Crippen LogP contribution in [0.3, 0.4) is 0 Å². The standard InChI is InChI=1S/C10H9O2/c1-2-4-9(5-3-1)6-10-7-11-8-12-10/h1-5,7-8H,6H2. The summed E-state index contributed by atoms with van der Waals surface area (Å²) >= 11 is 0. The summed E-state index contributed by atoms with van der Waals surface area (Å²) in [5.74, 6) is 0.848. The van der Waals surface area contributed by atoms with Crippen LogP contribution in [0.2, 0.25) is 0 Å². The molecule has 0 aromatic heterocycles. The summed E-state index contributed by atoms with van der Waals surface area (Å²) in [5.41, 5.74) is 1.22. The highest BCUT2D eigenvalue weighted by molar-refractivity contribution is 5.19. The van der Waals surface area contributed by atoms with Gasteiger partial charge in [0.15, 0.2) is 0 Å². The van der Waals surface area contributed by atoms with Crippen LogP contribution in [-0.4, -0.2) is 0 Å². The first-order valence-electron chi connectivity index (χ1n) is 3.82. The van der Waals surface area contributed by atoms with Crippen molar-refractivity contribution >= 4 is 0 Å². The van der Waals surface area contributed by atoms with Gasteiger partial charge in [-0.3, -0.25) is 0 Å². The van der Waals surface area contributed by atoms with Gasteiger partial charge in [-0.1, -0.05) is 30.3 Å². The average molecular weight is 161 g/mol. The predicted molar refractivity (Wildman–Crippen MR) is 44.7 cm³/mol. The lowest BCUT2D eigenvalue weighted by atomic mass is 10.1. The molecule has 0 saturated carbocycles. The first-order valence-corrected chi connectivity index (χ1v) is 3.82. The van der Waals surface area contributed by atoms with Gasteiger partial charge < -0.3 is 9.47 Å². The molecule has 0 unspecified atom stereocenters. The molecular weight excluding hydrogens is 152 g/mol. The van der Waals surface area contributed by atoms with Gasteiger partial charge in [-0.25, -0.2) is 0 Å². The van der Waals surface area contributed by atoms with Gasteiger partial charge in [0, 0.05) is 6.42 Å². The lowest BCUT2D eigenvalue weighted by molar-refractivity contribution is 0.169. The van der Waals surface area contributed by atoms with Crippen LogP contribution in [0.25, 0.3) is 0 Å². The van der Waals surface area contributed by atoms with E-state index in [2.05, 4.69) is 12.1 Å². The molecule has 1 aliphatic heterocycles. The molecule has 2 nitrogen and oxygen atoms in total. The monoisotopic (exact) mass is 161 g/mol. The van der Waals surface area contributed by atoms with Crippen molar-refractivity contribution in [1.82, 2.24) is 0 Å². The van der Waals surface area contributed by atoms with Gasteiger partial charge in [0.25, 0.3) is 0 Å². The molecule has 61 valence electrons. The SMILES string of the molecule is [CH]1OC=C(Cc2ccccc2)O1. The minimum Gasteiger partial charge on any atom is -0.452 e. The van der Waals surface area contributed by atoms with Crippen molar-refractivity contribution in [3.05, 3.63) is 54.7 Å². The first-order chi connectivity index (χ1) is 5.95. The summed E-state index contributed by atoms with van der Waals surface area (Å²) < 4.78 is 9.89. The molecule has 0 spiro atoms. The molecule has 0 fully saturated rings. The molecule has 0 aliphatic carbocycles. The maximum atomic E-state index is 5.07. The third-order valence-electron chi connectivity index (χ3n) is 1.68. The summed E-state index contributed by atoms with van der Waals surface area (Å²) in [6.07, 6.45) is 2.41. The Morgan fingerprint density at radius 3 is 2.58 bits per heavy atom. The van der Waals surface area contributed by atoms with Gasteiger partial charge in [-0.05, 0) is 5.56 Å². The number of hydrogen-bond acceptors (Lipinski definition) is 2. The predicted octanol–water partition coefficient (Wildman–Crippen LogP) is 2.24. The second-order valence-electron chi connectivity index (χ2n) is 2.60. The third-order valence-corrected chi connectivity index (χ3v) is 1.68. The fourth-order valence-corrected chi connectivity index (χ4v) is 1.10. The molecule has 1 aliphatic rings. The summed E-state index contributed by atoms with van der Waals surface area (Å²) in [6, 6.07) is 10.1. The molecule has 0 atom stereocenters. The second kappa shape index (κ2) is 3.30. The smallest absolute Gasteiger partial charge is 0.315 e. The molecule has 0 saturated heterocycles. The molecule has 2 heteroatoms. The number of hydrogen-bond donors (Lipinski definition) is 0. The molecule has 0 bridgehead atoms. The Morgan fingerprint density at radius 1 is 1.08 bits per heavy atom. The molecule has 1 aromatic rings. The van der Waals surface area contributed by atoms with Crippen LogP contribution in [0.15, 0.2) is 42.4 Å². The van der Waals surface area contributed by atoms with E-state index in [1.54, 1.807) is 6.26 Å². The van der Waals surface area contributed by atoms with E-state index in [-0.39, 0.29) is 0 Å². The van der Waals surface area contributed by atoms with Crippen molar-refractivity contribution in [2.45, 2.75) is 6.42 Å². The first kappa shape index (κ1) is 7.22. The van der Waals surface area contributed by atoms with Crippen molar-refractivity contribution in [2.24, 2.45) is 0 Å². The highest BCUT2D eigenvalue weighted by Gasteiger charge is 2.07. The van der Waals surface area contributed by atoms with Crippen LogP contribution >= 0.6 is 0 Å². The molecule has 0 N–H and O–H groups in total. The Morgan fingerprint density at radius 2 is 1.92 bits per heavy atom. The van der Waals surface area contributed by atoms with Crippen molar-refractivity contribution < 1.29 is 9.47 Å². The van der Waals surface area contributed by atoms with Gasteiger partial charge in [0.1, 0.15) is 12.0 Å². The van der Waals surface area contributed by atoms with Gasteiger partial charge in [0.2, 0.25) is 0 Å². The number of allylic oxidation sites excluding steroid dienone is 1. The lowest BCUT2D eigenvalue weighted by Crippen LogP contribution is -1.88. The Labute approximate surface area is 71.4 Å². The van der Waals surface area contributed by atoms with Gasteiger partial charge in [-0.2, -0.15) is 0 Å². The number of rotatable bonds is 2. The maximum absolute atomic E-state index is 5.07. The molecule has 2 rings (SSSR count). The third kappa shape index (κ3) is 1.59. The lowest BCUT2D eigenvalue weighted by Gasteiger charge is -1.99. The Balaban J connectivity index is 2.04. The normalized spacial score (nSPS) is 14.8. The number of benzene rings is 1. The van der Waals surface area contributed by atoms with Crippen molar-refractivity contribution in [2.75, 3.05) is 0 Å². The van der Waals surface area contributed by atoms with E-state index in [1.807, 2.05) is 18.2 Å². The van der Waals surface area contributed by atoms with E-state index < -0.39 is 0 Å². The summed E-state index contributed by atoms with van der Waals surface area (Å²) in [6.45, 7) is 1.33. The summed E-state index contributed by atoms with van der Waals surface area (Å²) in [5, 5.41) is 0. The average Bonchev–Trinajstić information content (AvgIpc) is 2.59. The van der Waals surface area contributed by atoms with Crippen molar-refractivity contribution in [3.8, 4) is 0 Å². The zero-order valence-corrected chi connectivity index (χ0v) is 6.57. The van der Waals surface area contributed by atoms with Crippen LogP contribution in [0, 0.1) is 6.79 Å². The largest absolute Gasteiger partial charge is 0.452 e. The van der Waals surface area contributed by atoms with Crippen molar-refractivity contribution in [1.29, 1.82) is 0 Å². The summed E-state index contributed by atoms with van der Waals surface area (Å²) in [7, 11) is 0. The van der Waals surface area contributed by atoms with E-state index in [0.717, 1.165) is 12.2 Å². The zero-order chi connectivity index (χ0) is 8.23. The minimum absolute atomic E-state index is 0.789. The highest BCUT2D eigenvalue weighted by atomic mass is 16.7. The van der Waals surface area contributed by atoms with E-state index in [1.165, 1.54) is 12.4 Å². The Bertz CT molecular complexity index is 277. The van der Waals surface area contributed by atoms with Crippen molar-refractivity contribution in [3.63, 3.8) is 0 Å². The topological polar surface area (TPSA) is 18.5 Å². The number of ether oxygens (including phenoxy) is 2. The van der Waals surface area contributed by atoms with Crippen LogP contribution in [0.4, 0.5) is 0 Å². The van der Waals surface area contributed by atoms with E-state index in [9.17, 15) is 0 Å². The van der Waals surface area contributed by atoms with Crippen LogP contribution in [0.1, 0.15) is 5.56 Å². The van der Waals surface area contributed by atoms with Gasteiger partial charge in [-0.15, -0.1) is 0 Å². The Kier molecular flexibility index (Phi) is 1.99. The maximum Gasteiger partial charge on any atom is 0.315 e. The highest BCUT2D eigenvalue weighted by Crippen LogP contribution is 2.15. The van der Waals surface area contributed by atoms with Crippen LogP contribution in [0.5, 0.6) is 0 Å². The van der Waals surface area contributed by atoms with Gasteiger partial charge >= 0.3 is 6.79 Å². The van der Waals surface area contributed by atoms with E-state index in [4.69, 9.17) is 9.47 Å². The van der Waals surface area contributed by atoms with Crippen LogP contribution in [-0.2, 0) is 15.9 Å². The van der Waals surface area contributed by atoms with E-state index in [0.29, 0.717) is 0 Å². The minimum atomic E-state index is 0.789. The molecule has 0 amide bonds.